The number of hydrogen-bond donors (Lipinski definition) is 1. The summed E-state index contributed by atoms with van der Waals surface area (Å²) in [6, 6.07) is 16.1. The summed E-state index contributed by atoms with van der Waals surface area (Å²) in [4.78, 5) is 17.8. The minimum absolute atomic E-state index is 0.160. The van der Waals surface area contributed by atoms with Crippen LogP contribution in [-0.2, 0) is 4.79 Å². The molecule has 0 fully saturated rings. The molecule has 1 atom stereocenters. The summed E-state index contributed by atoms with van der Waals surface area (Å²) in [5, 5.41) is 11.5. The van der Waals surface area contributed by atoms with E-state index in [9.17, 15) is 4.79 Å². The summed E-state index contributed by atoms with van der Waals surface area (Å²) in [5.41, 5.74) is 2.81. The van der Waals surface area contributed by atoms with Gasteiger partial charge >= 0.3 is 0 Å². The van der Waals surface area contributed by atoms with Gasteiger partial charge in [-0.1, -0.05) is 74.1 Å². The Morgan fingerprint density at radius 1 is 1.21 bits per heavy atom. The summed E-state index contributed by atoms with van der Waals surface area (Å²) >= 11 is 1.45. The number of carbonyl (C=O) groups is 1. The second-order valence-corrected chi connectivity index (χ2v) is 8.00. The van der Waals surface area contributed by atoms with Gasteiger partial charge < -0.3 is 0 Å². The fraction of sp³-hybridized carbons (Fsp3) is 0.227. The Labute approximate surface area is 168 Å². The van der Waals surface area contributed by atoms with Crippen LogP contribution in [0, 0.1) is 0 Å². The molecular weight excluding hydrogens is 368 g/mol. The maximum absolute atomic E-state index is 12.9. The van der Waals surface area contributed by atoms with E-state index in [-0.39, 0.29) is 12.1 Å². The van der Waals surface area contributed by atoms with Crippen LogP contribution < -0.4 is 15.9 Å². The van der Waals surface area contributed by atoms with Crippen molar-refractivity contribution in [2.75, 3.05) is 5.75 Å². The minimum Gasteiger partial charge on any atom is -0.298 e. The van der Waals surface area contributed by atoms with Gasteiger partial charge in [0.2, 0.25) is 0 Å². The lowest BCUT2D eigenvalue weighted by Gasteiger charge is -2.34. The number of hydrogen-bond acceptors (Lipinski definition) is 5. The van der Waals surface area contributed by atoms with Gasteiger partial charge in [-0.2, -0.15) is 0 Å². The van der Waals surface area contributed by atoms with Crippen LogP contribution in [0.1, 0.15) is 37.1 Å². The molecule has 2 aliphatic heterocycles. The zero-order chi connectivity index (χ0) is 19.7. The van der Waals surface area contributed by atoms with Crippen LogP contribution in [0.15, 0.2) is 71.3 Å². The Hall–Kier alpha value is -2.86. The highest BCUT2D eigenvalue weighted by molar-refractivity contribution is 8.14. The molecule has 0 bridgehead atoms. The van der Waals surface area contributed by atoms with Crippen LogP contribution in [0.25, 0.3) is 5.70 Å². The number of amidine groups is 1. The van der Waals surface area contributed by atoms with Crippen molar-refractivity contribution in [3.05, 3.63) is 82.9 Å². The van der Waals surface area contributed by atoms with Gasteiger partial charge in [0.25, 0.3) is 5.91 Å². The van der Waals surface area contributed by atoms with Crippen LogP contribution in [0.5, 0.6) is 0 Å². The fourth-order valence-corrected chi connectivity index (χ4v) is 3.89. The average molecular weight is 391 g/mol. The molecule has 28 heavy (non-hydrogen) atoms. The molecule has 0 aromatic heterocycles. The predicted octanol–water partition coefficient (Wildman–Crippen LogP) is 2.87. The van der Waals surface area contributed by atoms with Crippen LogP contribution in [0.3, 0.4) is 0 Å². The maximum Gasteiger partial charge on any atom is 0.276 e. The number of rotatable bonds is 4. The fourth-order valence-electron chi connectivity index (χ4n) is 3.30. The van der Waals surface area contributed by atoms with Gasteiger partial charge in [0.05, 0.1) is 5.36 Å². The molecule has 0 spiro atoms. The average Bonchev–Trinajstić information content (AvgIpc) is 2.71. The summed E-state index contributed by atoms with van der Waals surface area (Å²) in [6.45, 7) is 8.08. The van der Waals surface area contributed by atoms with Crippen molar-refractivity contribution in [1.29, 1.82) is 0 Å². The second-order valence-electron chi connectivity index (χ2n) is 6.99. The van der Waals surface area contributed by atoms with E-state index < -0.39 is 0 Å². The zero-order valence-corrected chi connectivity index (χ0v) is 16.7. The van der Waals surface area contributed by atoms with Crippen molar-refractivity contribution >= 4 is 28.5 Å². The monoisotopic (exact) mass is 390 g/mol. The smallest absolute Gasteiger partial charge is 0.276 e. The molecule has 0 radical (unpaired) electrons. The van der Waals surface area contributed by atoms with E-state index in [4.69, 9.17) is 10.1 Å². The number of para-hydroxylation sites is 1. The first-order chi connectivity index (χ1) is 13.6. The van der Waals surface area contributed by atoms with Crippen molar-refractivity contribution in [1.82, 2.24) is 10.3 Å². The van der Waals surface area contributed by atoms with Gasteiger partial charge in [0.15, 0.2) is 11.3 Å². The molecule has 5 nitrogen and oxygen atoms in total. The molecule has 2 aliphatic rings. The number of carbonyl (C=O) groups excluding carboxylic acids is 1. The number of fused-ring (bicyclic) bond motifs is 2. The molecular formula is C22H22N4OS. The summed E-state index contributed by atoms with van der Waals surface area (Å²) < 4.78 is 0. The first-order valence-electron chi connectivity index (χ1n) is 9.28. The number of hydrazone groups is 1. The van der Waals surface area contributed by atoms with Crippen molar-refractivity contribution in [3.8, 4) is 0 Å². The van der Waals surface area contributed by atoms with Gasteiger partial charge in [-0.3, -0.25) is 15.1 Å². The molecule has 0 unspecified atom stereocenters. The lowest BCUT2D eigenvalue weighted by molar-refractivity contribution is -0.116. The van der Waals surface area contributed by atoms with Gasteiger partial charge in [-0.05, 0) is 23.1 Å². The summed E-state index contributed by atoms with van der Waals surface area (Å²) in [6.07, 6.45) is 1.41. The third-order valence-electron chi connectivity index (χ3n) is 4.75. The molecule has 2 aromatic rings. The number of thioether (sulfide) groups is 1. The van der Waals surface area contributed by atoms with Crippen LogP contribution in [0.4, 0.5) is 0 Å². The zero-order valence-electron chi connectivity index (χ0n) is 15.9. The number of nitrogens with zero attached hydrogens (tertiary/aromatic N) is 3. The normalized spacial score (nSPS) is 18.0. The van der Waals surface area contributed by atoms with E-state index in [1.165, 1.54) is 17.3 Å². The summed E-state index contributed by atoms with van der Waals surface area (Å²) in [7, 11) is 0. The standard InChI is InChI=1S/C22H22N4OS/c1-4-13-28-22-24-21(27)19-17-7-5-6-8-18(17)23-20(26(19)25-22)16-11-9-15(10-12-16)14(2)3/h4-12,14,20H,1,13H2,2-3H3,(H,24,25,27)/t20-/m1/s1. The molecule has 0 saturated carbocycles. The van der Waals surface area contributed by atoms with Crippen LogP contribution in [0.2, 0.25) is 0 Å². The highest BCUT2D eigenvalue weighted by Gasteiger charge is 2.34. The van der Waals surface area contributed by atoms with Crippen molar-refractivity contribution in [2.45, 2.75) is 25.9 Å². The molecule has 4 rings (SSSR count). The Morgan fingerprint density at radius 2 is 1.96 bits per heavy atom. The Bertz CT molecular complexity index is 1070. The van der Waals surface area contributed by atoms with E-state index in [2.05, 4.69) is 50.0 Å². The molecule has 2 aromatic carbocycles. The van der Waals surface area contributed by atoms with Gasteiger partial charge in [-0.25, -0.2) is 5.01 Å². The van der Waals surface area contributed by atoms with E-state index in [0.29, 0.717) is 22.5 Å². The number of benzene rings is 2. The van der Waals surface area contributed by atoms with Crippen molar-refractivity contribution < 1.29 is 4.79 Å². The van der Waals surface area contributed by atoms with Crippen LogP contribution in [-0.4, -0.2) is 21.8 Å². The van der Waals surface area contributed by atoms with Gasteiger partial charge in [-0.15, -0.1) is 11.7 Å². The third-order valence-corrected chi connectivity index (χ3v) is 5.61. The number of amides is 1. The van der Waals surface area contributed by atoms with Gasteiger partial charge in [0, 0.05) is 11.0 Å². The highest BCUT2D eigenvalue weighted by Crippen LogP contribution is 2.31. The molecule has 1 amide bonds. The Morgan fingerprint density at radius 3 is 2.68 bits per heavy atom. The lowest BCUT2D eigenvalue weighted by Crippen LogP contribution is -2.50. The first-order valence-corrected chi connectivity index (χ1v) is 10.3. The predicted molar refractivity (Wildman–Crippen MR) is 114 cm³/mol. The van der Waals surface area contributed by atoms with Crippen molar-refractivity contribution in [3.63, 3.8) is 0 Å². The third kappa shape index (κ3) is 3.36. The molecule has 2 heterocycles. The Kier molecular flexibility index (Phi) is 5.05. The maximum atomic E-state index is 12.9. The van der Waals surface area contributed by atoms with E-state index in [1.807, 2.05) is 24.3 Å². The summed E-state index contributed by atoms with van der Waals surface area (Å²) in [5.74, 6) is 0.970. The topological polar surface area (TPSA) is 57.1 Å². The number of nitrogens with one attached hydrogen (secondary N) is 1. The molecule has 0 saturated heterocycles. The lowest BCUT2D eigenvalue weighted by atomic mass is 10.0. The SMILES string of the molecule is C=CCSC1=NN2C(=c3ccccc3=N[C@H]2c2ccc(C(C)C)cc2)C(=O)N1. The molecule has 6 heteroatoms. The second kappa shape index (κ2) is 7.64. The Balaban J connectivity index is 1.85. The first kappa shape index (κ1) is 18.5. The van der Waals surface area contributed by atoms with E-state index in [1.54, 1.807) is 11.1 Å². The molecule has 1 N–H and O–H groups in total. The van der Waals surface area contributed by atoms with E-state index in [0.717, 1.165) is 16.1 Å². The van der Waals surface area contributed by atoms with Crippen LogP contribution >= 0.6 is 11.8 Å². The molecule has 142 valence electrons. The van der Waals surface area contributed by atoms with Crippen molar-refractivity contribution in [2.24, 2.45) is 10.1 Å². The van der Waals surface area contributed by atoms with Gasteiger partial charge in [0.1, 0.15) is 5.70 Å². The van der Waals surface area contributed by atoms with E-state index >= 15 is 0 Å². The largest absolute Gasteiger partial charge is 0.298 e. The highest BCUT2D eigenvalue weighted by atomic mass is 32.2. The molecule has 0 aliphatic carbocycles. The minimum atomic E-state index is -0.378. The quantitative estimate of drug-likeness (QED) is 0.817.